The first-order valence-electron chi connectivity index (χ1n) is 5.67. The largest absolute Gasteiger partial charge is 0.388 e. The molecule has 98 valence electrons. The Morgan fingerprint density at radius 2 is 2.32 bits per heavy atom. The van der Waals surface area contributed by atoms with Gasteiger partial charge in [-0.1, -0.05) is 15.9 Å². The molecule has 0 aliphatic heterocycles. The minimum atomic E-state index is -0.901. The van der Waals surface area contributed by atoms with Crippen molar-refractivity contribution in [2.75, 3.05) is 0 Å². The number of fused-ring (bicyclic) bond motifs is 1. The van der Waals surface area contributed by atoms with Crippen LogP contribution < -0.4 is 0 Å². The second kappa shape index (κ2) is 5.03. The Bertz CT molecular complexity index is 696. The van der Waals surface area contributed by atoms with Crippen molar-refractivity contribution >= 4 is 32.2 Å². The molecule has 3 aromatic rings. The molecule has 0 spiro atoms. The highest BCUT2D eigenvalue weighted by Gasteiger charge is 2.16. The van der Waals surface area contributed by atoms with E-state index < -0.39 is 11.9 Å². The van der Waals surface area contributed by atoms with E-state index in [1.54, 1.807) is 12.1 Å². The summed E-state index contributed by atoms with van der Waals surface area (Å²) in [6.45, 7) is 0. The van der Waals surface area contributed by atoms with E-state index >= 15 is 0 Å². The van der Waals surface area contributed by atoms with Gasteiger partial charge >= 0.3 is 0 Å². The quantitative estimate of drug-likeness (QED) is 0.791. The Kier molecular flexibility index (Phi) is 3.38. The molecule has 19 heavy (non-hydrogen) atoms. The Labute approximate surface area is 121 Å². The molecular weight excluding hydrogens is 331 g/mol. The number of nitrogens with zero attached hydrogens (tertiary/aromatic N) is 2. The molecule has 0 amide bonds. The SMILES string of the molecule is OC(Cc1cn2ccsc2n1)c1cc(Br)ccc1F. The zero-order chi connectivity index (χ0) is 13.4. The Balaban J connectivity index is 1.86. The maximum Gasteiger partial charge on any atom is 0.193 e. The number of hydrogen-bond acceptors (Lipinski definition) is 3. The summed E-state index contributed by atoms with van der Waals surface area (Å²) in [5.74, 6) is -0.406. The fourth-order valence-corrected chi connectivity index (χ4v) is 3.05. The van der Waals surface area contributed by atoms with Gasteiger partial charge in [-0.2, -0.15) is 0 Å². The van der Waals surface area contributed by atoms with Crippen LogP contribution in [-0.4, -0.2) is 14.5 Å². The molecule has 1 unspecified atom stereocenters. The van der Waals surface area contributed by atoms with Gasteiger partial charge in [0.1, 0.15) is 5.82 Å². The molecule has 0 aliphatic rings. The minimum absolute atomic E-state index is 0.283. The second-order valence-corrected chi connectivity index (χ2v) is 6.00. The molecule has 1 atom stereocenters. The summed E-state index contributed by atoms with van der Waals surface area (Å²) in [6, 6.07) is 4.55. The average Bonchev–Trinajstić information content (AvgIpc) is 2.92. The fraction of sp³-hybridized carbons (Fsp3) is 0.154. The number of rotatable bonds is 3. The molecule has 0 fully saturated rings. The lowest BCUT2D eigenvalue weighted by Crippen LogP contribution is -2.04. The highest BCUT2D eigenvalue weighted by atomic mass is 79.9. The van der Waals surface area contributed by atoms with Crippen LogP contribution in [0.4, 0.5) is 4.39 Å². The van der Waals surface area contributed by atoms with E-state index in [9.17, 15) is 9.50 Å². The molecule has 6 heteroatoms. The summed E-state index contributed by atoms with van der Waals surface area (Å²) in [7, 11) is 0. The highest BCUT2D eigenvalue weighted by Crippen LogP contribution is 2.25. The van der Waals surface area contributed by atoms with E-state index in [2.05, 4.69) is 20.9 Å². The monoisotopic (exact) mass is 340 g/mol. The molecule has 2 heterocycles. The molecule has 0 aliphatic carbocycles. The normalized spacial score (nSPS) is 13.0. The van der Waals surface area contributed by atoms with E-state index in [4.69, 9.17) is 0 Å². The lowest BCUT2D eigenvalue weighted by molar-refractivity contribution is 0.172. The smallest absolute Gasteiger partial charge is 0.193 e. The number of aliphatic hydroxyl groups excluding tert-OH is 1. The molecule has 0 saturated heterocycles. The Morgan fingerprint density at radius 1 is 1.47 bits per heavy atom. The summed E-state index contributed by atoms with van der Waals surface area (Å²) < 4.78 is 16.3. The van der Waals surface area contributed by atoms with Crippen LogP contribution in [0.1, 0.15) is 17.4 Å². The van der Waals surface area contributed by atoms with Crippen molar-refractivity contribution in [1.82, 2.24) is 9.38 Å². The van der Waals surface area contributed by atoms with Gasteiger partial charge in [-0.05, 0) is 18.2 Å². The van der Waals surface area contributed by atoms with Crippen molar-refractivity contribution in [3.8, 4) is 0 Å². The molecule has 0 saturated carbocycles. The average molecular weight is 341 g/mol. The van der Waals surface area contributed by atoms with Crippen molar-refractivity contribution in [3.05, 3.63) is 57.5 Å². The van der Waals surface area contributed by atoms with Crippen molar-refractivity contribution in [3.63, 3.8) is 0 Å². The van der Waals surface area contributed by atoms with Crippen LogP contribution in [0.15, 0.2) is 40.4 Å². The maximum absolute atomic E-state index is 13.7. The van der Waals surface area contributed by atoms with Crippen molar-refractivity contribution in [1.29, 1.82) is 0 Å². The zero-order valence-electron chi connectivity index (χ0n) is 9.75. The summed E-state index contributed by atoms with van der Waals surface area (Å²) >= 11 is 4.80. The predicted molar refractivity (Wildman–Crippen MR) is 75.8 cm³/mol. The minimum Gasteiger partial charge on any atom is -0.388 e. The summed E-state index contributed by atoms with van der Waals surface area (Å²) in [5, 5.41) is 12.1. The molecular formula is C13H10BrFN2OS. The molecule has 1 N–H and O–H groups in total. The Hall–Kier alpha value is -1.24. The van der Waals surface area contributed by atoms with Gasteiger partial charge < -0.3 is 5.11 Å². The topological polar surface area (TPSA) is 37.5 Å². The molecule has 3 nitrogen and oxygen atoms in total. The zero-order valence-corrected chi connectivity index (χ0v) is 12.2. The van der Waals surface area contributed by atoms with Gasteiger partial charge in [0.25, 0.3) is 0 Å². The van der Waals surface area contributed by atoms with Crippen molar-refractivity contribution < 1.29 is 9.50 Å². The number of aromatic nitrogens is 2. The van der Waals surface area contributed by atoms with Crippen LogP contribution in [0.5, 0.6) is 0 Å². The molecule has 3 rings (SSSR count). The van der Waals surface area contributed by atoms with E-state index in [0.717, 1.165) is 15.1 Å². The first-order valence-corrected chi connectivity index (χ1v) is 7.35. The van der Waals surface area contributed by atoms with Gasteiger partial charge in [0.2, 0.25) is 0 Å². The van der Waals surface area contributed by atoms with Gasteiger partial charge in [-0.15, -0.1) is 11.3 Å². The summed E-state index contributed by atoms with van der Waals surface area (Å²) in [6.07, 6.45) is 3.15. The van der Waals surface area contributed by atoms with Gasteiger partial charge in [0, 0.05) is 34.2 Å². The number of benzene rings is 1. The standard InChI is InChI=1S/C13H10BrFN2OS/c14-8-1-2-11(15)10(5-8)12(18)6-9-7-17-3-4-19-13(17)16-9/h1-5,7,12,18H,6H2. The van der Waals surface area contributed by atoms with Crippen LogP contribution in [0, 0.1) is 5.82 Å². The molecule has 0 radical (unpaired) electrons. The second-order valence-electron chi connectivity index (χ2n) is 4.21. The number of halogens is 2. The van der Waals surface area contributed by atoms with Gasteiger partial charge in [-0.25, -0.2) is 9.37 Å². The van der Waals surface area contributed by atoms with Crippen LogP contribution in [0.25, 0.3) is 4.96 Å². The third kappa shape index (κ3) is 2.56. The van der Waals surface area contributed by atoms with Crippen molar-refractivity contribution in [2.45, 2.75) is 12.5 Å². The maximum atomic E-state index is 13.7. The molecule has 2 aromatic heterocycles. The third-order valence-electron chi connectivity index (χ3n) is 2.86. The number of imidazole rings is 1. The van der Waals surface area contributed by atoms with E-state index in [1.165, 1.54) is 17.4 Å². The number of hydrogen-bond donors (Lipinski definition) is 1. The summed E-state index contributed by atoms with van der Waals surface area (Å²) in [5.41, 5.74) is 1.03. The van der Waals surface area contributed by atoms with Crippen molar-refractivity contribution in [2.24, 2.45) is 0 Å². The first-order chi connectivity index (χ1) is 9.13. The van der Waals surface area contributed by atoms with Gasteiger partial charge in [-0.3, -0.25) is 4.40 Å². The van der Waals surface area contributed by atoms with Crippen LogP contribution in [0.3, 0.4) is 0 Å². The number of thiazole rings is 1. The first kappa shape index (κ1) is 12.8. The molecule has 0 bridgehead atoms. The lowest BCUT2D eigenvalue weighted by atomic mass is 10.0. The van der Waals surface area contributed by atoms with Gasteiger partial charge in [0.15, 0.2) is 4.96 Å². The highest BCUT2D eigenvalue weighted by molar-refractivity contribution is 9.10. The third-order valence-corrected chi connectivity index (χ3v) is 4.13. The van der Waals surface area contributed by atoms with Crippen LogP contribution >= 0.6 is 27.3 Å². The predicted octanol–water partition coefficient (Wildman–Crippen LogP) is 3.57. The summed E-state index contributed by atoms with van der Waals surface area (Å²) in [4.78, 5) is 5.25. The lowest BCUT2D eigenvalue weighted by Gasteiger charge is -2.10. The van der Waals surface area contributed by atoms with E-state index in [-0.39, 0.29) is 5.56 Å². The van der Waals surface area contributed by atoms with Gasteiger partial charge in [0.05, 0.1) is 11.8 Å². The fourth-order valence-electron chi connectivity index (χ4n) is 1.95. The van der Waals surface area contributed by atoms with Crippen LogP contribution in [0.2, 0.25) is 0 Å². The Morgan fingerprint density at radius 3 is 3.11 bits per heavy atom. The number of aliphatic hydroxyl groups is 1. The van der Waals surface area contributed by atoms with E-state index in [1.807, 2.05) is 22.2 Å². The van der Waals surface area contributed by atoms with E-state index in [0.29, 0.717) is 6.42 Å². The van der Waals surface area contributed by atoms with Crippen LogP contribution in [-0.2, 0) is 6.42 Å². The molecule has 1 aromatic carbocycles.